The zero-order chi connectivity index (χ0) is 13.9. The molecule has 0 radical (unpaired) electrons. The molecule has 0 aromatic carbocycles. The van der Waals surface area contributed by atoms with E-state index in [0.717, 1.165) is 26.1 Å². The summed E-state index contributed by atoms with van der Waals surface area (Å²) in [4.78, 5) is 6.80. The molecular weight excluding hydrogens is 260 g/mol. The van der Waals surface area contributed by atoms with E-state index in [9.17, 15) is 5.11 Å². The predicted molar refractivity (Wildman–Crippen MR) is 71.1 cm³/mol. The average Bonchev–Trinajstić information content (AvgIpc) is 3.08. The molecule has 0 aliphatic carbocycles. The molecule has 112 valence electrons. The van der Waals surface area contributed by atoms with Crippen LogP contribution in [-0.2, 0) is 4.74 Å². The third-order valence-corrected chi connectivity index (χ3v) is 3.84. The number of nitrogens with zero attached hydrogens (tertiary/aromatic N) is 3. The Labute approximate surface area is 118 Å². The van der Waals surface area contributed by atoms with Crippen molar-refractivity contribution in [3.8, 4) is 0 Å². The fourth-order valence-electron chi connectivity index (χ4n) is 2.80. The molecule has 2 aliphatic rings. The number of rotatable bonds is 4. The highest BCUT2D eigenvalue weighted by atomic mass is 16.5. The van der Waals surface area contributed by atoms with Gasteiger partial charge >= 0.3 is 0 Å². The number of aliphatic hydroxyl groups excluding tert-OH is 1. The fraction of sp³-hybridized carbons (Fsp3) is 0.846. The first-order chi connectivity index (χ1) is 9.76. The van der Waals surface area contributed by atoms with E-state index in [4.69, 9.17) is 9.26 Å². The van der Waals surface area contributed by atoms with Gasteiger partial charge in [-0.1, -0.05) is 12.1 Å². The summed E-state index contributed by atoms with van der Waals surface area (Å²) in [5.41, 5.74) is 0. The van der Waals surface area contributed by atoms with Crippen molar-refractivity contribution in [1.82, 2.24) is 20.4 Å². The number of aromatic nitrogens is 2. The van der Waals surface area contributed by atoms with Crippen LogP contribution in [0.25, 0.3) is 0 Å². The van der Waals surface area contributed by atoms with Crippen LogP contribution in [0.2, 0.25) is 0 Å². The lowest BCUT2D eigenvalue weighted by molar-refractivity contribution is -0.0350. The average molecular weight is 282 g/mol. The highest BCUT2D eigenvalue weighted by Crippen LogP contribution is 2.25. The molecule has 2 aliphatic heterocycles. The summed E-state index contributed by atoms with van der Waals surface area (Å²) in [7, 11) is 0. The van der Waals surface area contributed by atoms with Crippen LogP contribution in [0.4, 0.5) is 0 Å². The van der Waals surface area contributed by atoms with Crippen LogP contribution in [0.3, 0.4) is 0 Å². The second-order valence-corrected chi connectivity index (χ2v) is 5.50. The molecule has 2 saturated heterocycles. The SMILES string of the molecule is CCCN1CCOC(c2noc([C@H]3C[C@@H](O)CN3)n2)C1. The van der Waals surface area contributed by atoms with Crippen LogP contribution in [0.1, 0.15) is 43.6 Å². The Morgan fingerprint density at radius 3 is 3.15 bits per heavy atom. The zero-order valence-electron chi connectivity index (χ0n) is 11.8. The summed E-state index contributed by atoms with van der Waals surface area (Å²) in [6.45, 7) is 6.30. The van der Waals surface area contributed by atoms with Gasteiger partial charge in [-0.3, -0.25) is 4.90 Å². The lowest BCUT2D eigenvalue weighted by atomic mass is 10.2. The van der Waals surface area contributed by atoms with Crippen molar-refractivity contribution in [2.24, 2.45) is 0 Å². The smallest absolute Gasteiger partial charge is 0.243 e. The van der Waals surface area contributed by atoms with Gasteiger partial charge < -0.3 is 19.7 Å². The summed E-state index contributed by atoms with van der Waals surface area (Å²) in [6.07, 6.45) is 1.31. The Morgan fingerprint density at radius 2 is 2.40 bits per heavy atom. The first-order valence-corrected chi connectivity index (χ1v) is 7.35. The van der Waals surface area contributed by atoms with Gasteiger partial charge in [-0.15, -0.1) is 0 Å². The lowest BCUT2D eigenvalue weighted by Gasteiger charge is -2.30. The number of morpholine rings is 1. The van der Waals surface area contributed by atoms with Crippen molar-refractivity contribution in [2.45, 2.75) is 38.0 Å². The maximum absolute atomic E-state index is 9.53. The van der Waals surface area contributed by atoms with Gasteiger partial charge in [0, 0.05) is 19.6 Å². The standard InChI is InChI=1S/C13H22N4O3/c1-2-3-17-4-5-19-11(8-17)12-15-13(20-16-12)10-6-9(18)7-14-10/h9-11,14,18H,2-8H2,1H3/t9-,10-,11?/m1/s1. The minimum Gasteiger partial charge on any atom is -0.392 e. The molecule has 7 heteroatoms. The Morgan fingerprint density at radius 1 is 1.50 bits per heavy atom. The third kappa shape index (κ3) is 3.01. The Hall–Kier alpha value is -1.02. The number of ether oxygens (including phenoxy) is 1. The van der Waals surface area contributed by atoms with E-state index in [-0.39, 0.29) is 18.2 Å². The van der Waals surface area contributed by atoms with Crippen molar-refractivity contribution in [1.29, 1.82) is 0 Å². The van der Waals surface area contributed by atoms with Crippen LogP contribution in [0.15, 0.2) is 4.52 Å². The Balaban J connectivity index is 1.64. The zero-order valence-corrected chi connectivity index (χ0v) is 11.8. The van der Waals surface area contributed by atoms with E-state index in [1.807, 2.05) is 0 Å². The molecule has 3 heterocycles. The molecule has 7 nitrogen and oxygen atoms in total. The van der Waals surface area contributed by atoms with Crippen LogP contribution in [-0.4, -0.2) is 59.0 Å². The monoisotopic (exact) mass is 282 g/mol. The van der Waals surface area contributed by atoms with Crippen LogP contribution >= 0.6 is 0 Å². The van der Waals surface area contributed by atoms with Gasteiger partial charge in [-0.25, -0.2) is 0 Å². The minimum absolute atomic E-state index is 0.0402. The number of hydrogen-bond acceptors (Lipinski definition) is 7. The Kier molecular flexibility index (Phi) is 4.30. The van der Waals surface area contributed by atoms with E-state index in [1.165, 1.54) is 0 Å². The second kappa shape index (κ2) is 6.17. The van der Waals surface area contributed by atoms with E-state index in [2.05, 4.69) is 27.3 Å². The normalized spacial score (nSPS) is 31.8. The summed E-state index contributed by atoms with van der Waals surface area (Å²) in [5, 5.41) is 16.7. The third-order valence-electron chi connectivity index (χ3n) is 3.84. The van der Waals surface area contributed by atoms with Crippen LogP contribution in [0, 0.1) is 0 Å². The second-order valence-electron chi connectivity index (χ2n) is 5.50. The Bertz CT molecular complexity index is 437. The summed E-state index contributed by atoms with van der Waals surface area (Å²) >= 11 is 0. The molecule has 1 aromatic rings. The van der Waals surface area contributed by atoms with Crippen molar-refractivity contribution >= 4 is 0 Å². The van der Waals surface area contributed by atoms with Gasteiger partial charge in [0.15, 0.2) is 0 Å². The number of nitrogens with one attached hydrogen (secondary N) is 1. The molecule has 20 heavy (non-hydrogen) atoms. The molecule has 1 aromatic heterocycles. The molecule has 3 atom stereocenters. The van der Waals surface area contributed by atoms with Crippen molar-refractivity contribution < 1.29 is 14.4 Å². The predicted octanol–water partition coefficient (Wildman–Crippen LogP) is 0.248. The number of aliphatic hydroxyl groups is 1. The quantitative estimate of drug-likeness (QED) is 0.819. The number of β-amino-alcohol motifs (C(OH)–C–C–N with tert-alkyl or cyclic N) is 1. The first kappa shape index (κ1) is 13.9. The van der Waals surface area contributed by atoms with Crippen LogP contribution in [0.5, 0.6) is 0 Å². The van der Waals surface area contributed by atoms with Crippen molar-refractivity contribution in [3.63, 3.8) is 0 Å². The van der Waals surface area contributed by atoms with Gasteiger partial charge in [0.05, 0.1) is 18.8 Å². The molecule has 0 bridgehead atoms. The molecule has 3 rings (SSSR count). The fourth-order valence-corrected chi connectivity index (χ4v) is 2.80. The van der Waals surface area contributed by atoms with Gasteiger partial charge in [-0.05, 0) is 19.4 Å². The highest BCUT2D eigenvalue weighted by Gasteiger charge is 2.31. The molecule has 0 spiro atoms. The van der Waals surface area contributed by atoms with E-state index in [0.29, 0.717) is 31.3 Å². The maximum Gasteiger partial charge on any atom is 0.243 e. The summed E-state index contributed by atoms with van der Waals surface area (Å²) in [5.74, 6) is 1.16. The molecule has 0 saturated carbocycles. The topological polar surface area (TPSA) is 83.7 Å². The lowest BCUT2D eigenvalue weighted by Crippen LogP contribution is -2.39. The van der Waals surface area contributed by atoms with Crippen LogP contribution < -0.4 is 5.32 Å². The number of hydrogen-bond donors (Lipinski definition) is 2. The molecule has 0 amide bonds. The van der Waals surface area contributed by atoms with Gasteiger partial charge in [0.2, 0.25) is 11.7 Å². The summed E-state index contributed by atoms with van der Waals surface area (Å²) in [6, 6.07) is -0.0402. The maximum atomic E-state index is 9.53. The molecule has 2 N–H and O–H groups in total. The largest absolute Gasteiger partial charge is 0.392 e. The van der Waals surface area contributed by atoms with Crippen molar-refractivity contribution in [2.75, 3.05) is 32.8 Å². The highest BCUT2D eigenvalue weighted by molar-refractivity contribution is 5.00. The first-order valence-electron chi connectivity index (χ1n) is 7.35. The van der Waals surface area contributed by atoms with Gasteiger partial charge in [0.25, 0.3) is 0 Å². The van der Waals surface area contributed by atoms with E-state index in [1.54, 1.807) is 0 Å². The molecular formula is C13H22N4O3. The minimum atomic E-state index is -0.332. The molecule has 2 fully saturated rings. The van der Waals surface area contributed by atoms with E-state index >= 15 is 0 Å². The molecule has 1 unspecified atom stereocenters. The van der Waals surface area contributed by atoms with E-state index < -0.39 is 0 Å². The van der Waals surface area contributed by atoms with Gasteiger partial charge in [0.1, 0.15) is 6.10 Å². The summed E-state index contributed by atoms with van der Waals surface area (Å²) < 4.78 is 11.1. The van der Waals surface area contributed by atoms with Gasteiger partial charge in [-0.2, -0.15) is 4.98 Å². The van der Waals surface area contributed by atoms with Crippen molar-refractivity contribution in [3.05, 3.63) is 11.7 Å².